The predicted octanol–water partition coefficient (Wildman–Crippen LogP) is 2.86. The number of alkyl halides is 1. The second-order valence-electron chi connectivity index (χ2n) is 5.19. The van der Waals surface area contributed by atoms with Crippen molar-refractivity contribution in [3.05, 3.63) is 47.3 Å². The molecule has 1 aliphatic heterocycles. The van der Waals surface area contributed by atoms with Crippen molar-refractivity contribution in [2.75, 3.05) is 6.54 Å². The molecule has 0 aromatic heterocycles. The van der Waals surface area contributed by atoms with Gasteiger partial charge in [0.2, 0.25) is 0 Å². The van der Waals surface area contributed by atoms with Crippen LogP contribution in [0.1, 0.15) is 5.56 Å². The molecule has 1 N–H and O–H groups in total. The number of carboxylic acid groups (broad SMARTS) is 1. The Morgan fingerprint density at radius 3 is 2.27 bits per heavy atom. The normalized spacial score (nSPS) is 21.8. The lowest BCUT2D eigenvalue weighted by Crippen LogP contribution is -2.61. The smallest absolute Gasteiger partial charge is 0.324 e. The molecule has 22 heavy (non-hydrogen) atoms. The van der Waals surface area contributed by atoms with Crippen LogP contribution in [0.2, 0.25) is 0 Å². The highest BCUT2D eigenvalue weighted by atomic mass is 19.2. The van der Waals surface area contributed by atoms with Crippen LogP contribution in [0.5, 0.6) is 0 Å². The van der Waals surface area contributed by atoms with Gasteiger partial charge in [0, 0.05) is 29.4 Å². The minimum Gasteiger partial charge on any atom is -0.480 e. The fourth-order valence-electron chi connectivity index (χ4n) is 2.72. The van der Waals surface area contributed by atoms with Crippen molar-refractivity contribution >= 4 is 16.7 Å². The van der Waals surface area contributed by atoms with Gasteiger partial charge in [0.05, 0.1) is 0 Å². The maximum atomic E-state index is 14.4. The van der Waals surface area contributed by atoms with Gasteiger partial charge in [-0.3, -0.25) is 9.69 Å². The van der Waals surface area contributed by atoms with Gasteiger partial charge in [0.15, 0.2) is 11.6 Å². The molecule has 1 saturated heterocycles. The molecular formula is C15H11F4NO2. The maximum Gasteiger partial charge on any atom is 0.324 e. The van der Waals surface area contributed by atoms with E-state index in [-0.39, 0.29) is 17.3 Å². The lowest BCUT2D eigenvalue weighted by atomic mass is 9.98. The topological polar surface area (TPSA) is 40.5 Å². The maximum absolute atomic E-state index is 14.4. The molecule has 2 aromatic carbocycles. The van der Waals surface area contributed by atoms with Crippen LogP contribution in [0.4, 0.5) is 17.6 Å². The first-order valence-corrected chi connectivity index (χ1v) is 6.56. The molecule has 7 heteroatoms. The fourth-order valence-corrected chi connectivity index (χ4v) is 2.72. The molecule has 1 fully saturated rings. The molecule has 0 bridgehead atoms. The van der Waals surface area contributed by atoms with Crippen LogP contribution >= 0.6 is 0 Å². The highest BCUT2D eigenvalue weighted by Crippen LogP contribution is 2.31. The number of nitrogens with zero attached hydrogens (tertiary/aromatic N) is 1. The number of carboxylic acids is 1. The Morgan fingerprint density at radius 2 is 1.73 bits per heavy atom. The molecule has 2 unspecified atom stereocenters. The van der Waals surface area contributed by atoms with Gasteiger partial charge in [-0.05, 0) is 0 Å². The van der Waals surface area contributed by atoms with Gasteiger partial charge in [-0.2, -0.15) is 0 Å². The van der Waals surface area contributed by atoms with Crippen molar-refractivity contribution in [1.82, 2.24) is 4.90 Å². The van der Waals surface area contributed by atoms with Gasteiger partial charge in [0.25, 0.3) is 0 Å². The van der Waals surface area contributed by atoms with E-state index in [1.807, 2.05) is 0 Å². The number of hydrogen-bond acceptors (Lipinski definition) is 2. The van der Waals surface area contributed by atoms with Gasteiger partial charge in [-0.25, -0.2) is 17.6 Å². The molecular weight excluding hydrogens is 302 g/mol. The number of aliphatic carboxylic acids is 1. The number of likely N-dealkylation sites (tertiary alicyclic amines) is 1. The third kappa shape index (κ3) is 2.12. The van der Waals surface area contributed by atoms with Gasteiger partial charge < -0.3 is 5.11 Å². The van der Waals surface area contributed by atoms with Crippen molar-refractivity contribution in [3.8, 4) is 0 Å². The molecule has 3 nitrogen and oxygen atoms in total. The lowest BCUT2D eigenvalue weighted by Gasteiger charge is -2.41. The van der Waals surface area contributed by atoms with Crippen LogP contribution in [0, 0.1) is 17.5 Å². The van der Waals surface area contributed by atoms with E-state index in [9.17, 15) is 22.4 Å². The third-order valence-corrected chi connectivity index (χ3v) is 3.88. The lowest BCUT2D eigenvalue weighted by molar-refractivity contribution is -0.155. The summed E-state index contributed by atoms with van der Waals surface area (Å²) < 4.78 is 55.7. The summed E-state index contributed by atoms with van der Waals surface area (Å²) in [4.78, 5) is 12.0. The molecule has 0 aliphatic carbocycles. The van der Waals surface area contributed by atoms with Crippen molar-refractivity contribution in [1.29, 1.82) is 0 Å². The molecule has 2 aromatic rings. The van der Waals surface area contributed by atoms with Gasteiger partial charge >= 0.3 is 5.97 Å². The third-order valence-electron chi connectivity index (χ3n) is 3.88. The Morgan fingerprint density at radius 1 is 1.14 bits per heavy atom. The Bertz CT molecular complexity index is 765. The Balaban J connectivity index is 2.03. The molecule has 116 valence electrons. The summed E-state index contributed by atoms with van der Waals surface area (Å²) in [5.74, 6) is -4.94. The Hall–Kier alpha value is -2.15. The van der Waals surface area contributed by atoms with Crippen LogP contribution in [0.3, 0.4) is 0 Å². The Labute approximate surface area is 122 Å². The second kappa shape index (κ2) is 5.24. The molecule has 2 atom stereocenters. The van der Waals surface area contributed by atoms with Crippen molar-refractivity contribution in [3.63, 3.8) is 0 Å². The number of benzene rings is 2. The van der Waals surface area contributed by atoms with E-state index in [4.69, 9.17) is 5.11 Å². The van der Waals surface area contributed by atoms with E-state index in [2.05, 4.69) is 0 Å². The minimum atomic E-state index is -1.60. The van der Waals surface area contributed by atoms with E-state index in [0.29, 0.717) is 0 Å². The minimum absolute atomic E-state index is 0.0967. The number of fused-ring (bicyclic) bond motifs is 1. The number of rotatable bonds is 3. The van der Waals surface area contributed by atoms with Crippen molar-refractivity contribution < 1.29 is 27.5 Å². The summed E-state index contributed by atoms with van der Waals surface area (Å²) in [6.07, 6.45) is -1.60. The number of carbonyl (C=O) groups is 1. The predicted molar refractivity (Wildman–Crippen MR) is 70.6 cm³/mol. The average Bonchev–Trinajstić information content (AvgIpc) is 2.47. The zero-order valence-corrected chi connectivity index (χ0v) is 11.2. The standard InChI is InChI=1S/C15H11F4NO2/c16-10-6-20(14(10)15(21)22)5-9-11(17)7-3-1-2-4-8(7)12(18)13(9)19/h1-4,10,14H,5-6H2,(H,21,22). The monoisotopic (exact) mass is 313 g/mol. The summed E-state index contributed by atoms with van der Waals surface area (Å²) in [6.45, 7) is -0.763. The molecule has 0 spiro atoms. The number of halogens is 4. The van der Waals surface area contributed by atoms with E-state index in [1.54, 1.807) is 0 Å². The van der Waals surface area contributed by atoms with Crippen LogP contribution in [-0.4, -0.2) is 34.7 Å². The summed E-state index contributed by atoms with van der Waals surface area (Å²) in [7, 11) is 0. The zero-order chi connectivity index (χ0) is 16.0. The zero-order valence-electron chi connectivity index (χ0n) is 11.2. The summed E-state index contributed by atoms with van der Waals surface area (Å²) >= 11 is 0. The SMILES string of the molecule is O=C(O)C1C(F)CN1Cc1c(F)c(F)c2ccccc2c1F. The highest BCUT2D eigenvalue weighted by Gasteiger charge is 2.45. The largest absolute Gasteiger partial charge is 0.480 e. The van der Waals surface area contributed by atoms with Crippen LogP contribution in [-0.2, 0) is 11.3 Å². The highest BCUT2D eigenvalue weighted by molar-refractivity contribution is 5.84. The van der Waals surface area contributed by atoms with Crippen LogP contribution < -0.4 is 0 Å². The first kappa shape index (κ1) is 14.8. The van der Waals surface area contributed by atoms with E-state index < -0.39 is 47.7 Å². The summed E-state index contributed by atoms with van der Waals surface area (Å²) in [6, 6.07) is 4.02. The van der Waals surface area contributed by atoms with Crippen LogP contribution in [0.15, 0.2) is 24.3 Å². The van der Waals surface area contributed by atoms with E-state index in [1.165, 1.54) is 24.3 Å². The van der Waals surface area contributed by atoms with Crippen molar-refractivity contribution in [2.45, 2.75) is 18.8 Å². The van der Waals surface area contributed by atoms with Crippen molar-refractivity contribution in [2.24, 2.45) is 0 Å². The van der Waals surface area contributed by atoms with Gasteiger partial charge in [-0.15, -0.1) is 0 Å². The molecule has 1 heterocycles. The van der Waals surface area contributed by atoms with Gasteiger partial charge in [0.1, 0.15) is 18.0 Å². The molecule has 0 amide bonds. The summed E-state index contributed by atoms with van der Waals surface area (Å²) in [5.41, 5.74) is -0.589. The van der Waals surface area contributed by atoms with E-state index in [0.717, 1.165) is 4.90 Å². The molecule has 1 aliphatic rings. The number of hydrogen-bond donors (Lipinski definition) is 1. The van der Waals surface area contributed by atoms with Gasteiger partial charge in [-0.1, -0.05) is 24.3 Å². The quantitative estimate of drug-likeness (QED) is 0.700. The first-order chi connectivity index (χ1) is 10.4. The first-order valence-electron chi connectivity index (χ1n) is 6.56. The second-order valence-corrected chi connectivity index (χ2v) is 5.19. The molecule has 0 saturated carbocycles. The Kier molecular flexibility index (Phi) is 3.52. The van der Waals surface area contributed by atoms with Crippen LogP contribution in [0.25, 0.3) is 10.8 Å². The molecule has 0 radical (unpaired) electrons. The summed E-state index contributed by atoms with van der Waals surface area (Å²) in [5, 5.41) is 8.59. The molecule has 3 rings (SSSR count). The average molecular weight is 313 g/mol. The fraction of sp³-hybridized carbons (Fsp3) is 0.267. The van der Waals surface area contributed by atoms with E-state index >= 15 is 0 Å².